The van der Waals surface area contributed by atoms with Crippen LogP contribution in [0.15, 0.2) is 0 Å². The second-order valence-corrected chi connectivity index (χ2v) is 4.26. The van der Waals surface area contributed by atoms with Crippen LogP contribution in [0.25, 0.3) is 10.8 Å². The highest BCUT2D eigenvalue weighted by atomic mass is 19.2. The molecule has 2 aromatic carbocycles. The van der Waals surface area contributed by atoms with Gasteiger partial charge in [0.1, 0.15) is 11.6 Å². The zero-order chi connectivity index (χ0) is 15.2. The van der Waals surface area contributed by atoms with Gasteiger partial charge in [-0.3, -0.25) is 0 Å². The summed E-state index contributed by atoms with van der Waals surface area (Å²) in [4.78, 5) is 0. The Kier molecular flexibility index (Phi) is 3.38. The molecule has 0 radical (unpaired) electrons. The van der Waals surface area contributed by atoms with Gasteiger partial charge in [0, 0.05) is 5.39 Å². The fourth-order valence-corrected chi connectivity index (χ4v) is 2.29. The molecule has 20 heavy (non-hydrogen) atoms. The van der Waals surface area contributed by atoms with Crippen molar-refractivity contribution in [3.8, 4) is 6.07 Å². The van der Waals surface area contributed by atoms with Gasteiger partial charge in [-0.1, -0.05) is 6.92 Å². The summed E-state index contributed by atoms with van der Waals surface area (Å²) in [6.07, 6.45) is -0.0592. The molecular formula is C14H8F5N. The van der Waals surface area contributed by atoms with E-state index in [0.717, 1.165) is 6.92 Å². The fourth-order valence-electron chi connectivity index (χ4n) is 2.29. The highest BCUT2D eigenvalue weighted by Gasteiger charge is 2.27. The number of fused-ring (bicyclic) bond motifs is 1. The maximum Gasteiger partial charge on any atom is 0.195 e. The first-order valence-electron chi connectivity index (χ1n) is 5.73. The first-order chi connectivity index (χ1) is 9.36. The van der Waals surface area contributed by atoms with Gasteiger partial charge in [0.25, 0.3) is 0 Å². The van der Waals surface area contributed by atoms with Gasteiger partial charge in [-0.2, -0.15) is 5.26 Å². The Morgan fingerprint density at radius 2 is 1.45 bits per heavy atom. The van der Waals surface area contributed by atoms with Crippen molar-refractivity contribution in [3.63, 3.8) is 0 Å². The summed E-state index contributed by atoms with van der Waals surface area (Å²) in [5, 5.41) is 7.83. The minimum absolute atomic E-state index is 0.0592. The molecule has 2 aromatic rings. The monoisotopic (exact) mass is 285 g/mol. The Morgan fingerprint density at radius 1 is 0.850 bits per heavy atom. The quantitative estimate of drug-likeness (QED) is 0.566. The van der Waals surface area contributed by atoms with Gasteiger partial charge in [-0.25, -0.2) is 22.0 Å². The van der Waals surface area contributed by atoms with Crippen LogP contribution in [0.5, 0.6) is 0 Å². The maximum absolute atomic E-state index is 13.9. The van der Waals surface area contributed by atoms with E-state index in [9.17, 15) is 22.0 Å². The lowest BCUT2D eigenvalue weighted by Crippen LogP contribution is -2.06. The molecule has 0 atom stereocenters. The number of halogens is 5. The molecule has 0 aromatic heterocycles. The molecule has 0 spiro atoms. The number of nitriles is 1. The highest BCUT2D eigenvalue weighted by molar-refractivity contribution is 5.94. The van der Waals surface area contributed by atoms with Crippen molar-refractivity contribution >= 4 is 10.8 Å². The van der Waals surface area contributed by atoms with Crippen molar-refractivity contribution in [2.45, 2.75) is 20.3 Å². The Bertz CT molecular complexity index is 774. The standard InChI is InChI=1S/C14H8F5N/c1-3-6-8-5(2)10(15)14(19)13(18)9(8)7(4-20)12(17)11(6)16/h3H2,1-2H3. The Morgan fingerprint density at radius 3 is 1.95 bits per heavy atom. The Labute approximate surface area is 111 Å². The molecule has 0 saturated carbocycles. The lowest BCUT2D eigenvalue weighted by Gasteiger charge is -2.14. The number of nitrogens with zero attached hydrogens (tertiary/aromatic N) is 1. The molecule has 0 unspecified atom stereocenters. The zero-order valence-electron chi connectivity index (χ0n) is 10.5. The normalized spacial score (nSPS) is 10.9. The Hall–Kier alpha value is -2.16. The van der Waals surface area contributed by atoms with Crippen molar-refractivity contribution in [2.75, 3.05) is 0 Å². The number of benzene rings is 2. The van der Waals surface area contributed by atoms with Crippen molar-refractivity contribution in [2.24, 2.45) is 0 Å². The maximum atomic E-state index is 13.9. The smallest absolute Gasteiger partial charge is 0.195 e. The van der Waals surface area contributed by atoms with Gasteiger partial charge in [0.15, 0.2) is 29.1 Å². The molecule has 6 heteroatoms. The van der Waals surface area contributed by atoms with Gasteiger partial charge in [-0.15, -0.1) is 0 Å². The lowest BCUT2D eigenvalue weighted by molar-refractivity contribution is 0.448. The topological polar surface area (TPSA) is 23.8 Å². The van der Waals surface area contributed by atoms with Crippen molar-refractivity contribution in [1.29, 1.82) is 5.26 Å². The Balaban J connectivity index is 3.27. The number of aryl methyl sites for hydroxylation is 2. The summed E-state index contributed by atoms with van der Waals surface area (Å²) < 4.78 is 68.5. The third-order valence-electron chi connectivity index (χ3n) is 3.25. The molecule has 0 saturated heterocycles. The molecule has 2 rings (SSSR count). The molecule has 0 aliphatic carbocycles. The van der Waals surface area contributed by atoms with Crippen molar-refractivity contribution < 1.29 is 22.0 Å². The SMILES string of the molecule is CCc1c(F)c(F)c(C#N)c2c(F)c(F)c(F)c(C)c12. The summed E-state index contributed by atoms with van der Waals surface area (Å²) in [6, 6.07) is 1.30. The second-order valence-electron chi connectivity index (χ2n) is 4.26. The molecule has 0 fully saturated rings. The van der Waals surface area contributed by atoms with E-state index >= 15 is 0 Å². The summed E-state index contributed by atoms with van der Waals surface area (Å²) in [5.41, 5.74) is -1.60. The van der Waals surface area contributed by atoms with Crippen LogP contribution >= 0.6 is 0 Å². The number of hydrogen-bond donors (Lipinski definition) is 0. The van der Waals surface area contributed by atoms with Crippen LogP contribution in [-0.2, 0) is 6.42 Å². The van der Waals surface area contributed by atoms with E-state index in [1.807, 2.05) is 0 Å². The minimum Gasteiger partial charge on any atom is -0.203 e. The third kappa shape index (κ3) is 1.66. The van der Waals surface area contributed by atoms with Crippen LogP contribution in [0.3, 0.4) is 0 Å². The molecule has 0 N–H and O–H groups in total. The fraction of sp³-hybridized carbons (Fsp3) is 0.214. The first-order valence-corrected chi connectivity index (χ1v) is 5.73. The summed E-state index contributed by atoms with van der Waals surface area (Å²) in [7, 11) is 0. The average molecular weight is 285 g/mol. The second kappa shape index (κ2) is 4.75. The molecule has 0 aliphatic heterocycles. The van der Waals surface area contributed by atoms with Gasteiger partial charge < -0.3 is 0 Å². The van der Waals surface area contributed by atoms with E-state index in [4.69, 9.17) is 5.26 Å². The van der Waals surface area contributed by atoms with Crippen LogP contribution in [0.1, 0.15) is 23.6 Å². The highest BCUT2D eigenvalue weighted by Crippen LogP contribution is 2.35. The van der Waals surface area contributed by atoms with E-state index < -0.39 is 40.0 Å². The van der Waals surface area contributed by atoms with E-state index in [-0.39, 0.29) is 22.9 Å². The van der Waals surface area contributed by atoms with E-state index in [2.05, 4.69) is 0 Å². The molecule has 0 amide bonds. The van der Waals surface area contributed by atoms with Crippen molar-refractivity contribution in [1.82, 2.24) is 0 Å². The summed E-state index contributed by atoms with van der Waals surface area (Å²) in [5.74, 6) is -7.86. The number of rotatable bonds is 1. The molecule has 0 aliphatic rings. The van der Waals surface area contributed by atoms with Crippen LogP contribution in [0.2, 0.25) is 0 Å². The average Bonchev–Trinajstić information content (AvgIpc) is 2.44. The van der Waals surface area contributed by atoms with Gasteiger partial charge in [-0.05, 0) is 29.9 Å². The first kappa shape index (κ1) is 14.3. The van der Waals surface area contributed by atoms with Gasteiger partial charge in [0.05, 0.1) is 0 Å². The van der Waals surface area contributed by atoms with Crippen LogP contribution in [0.4, 0.5) is 22.0 Å². The summed E-state index contributed by atoms with van der Waals surface area (Å²) >= 11 is 0. The molecule has 1 nitrogen and oxygen atoms in total. The van der Waals surface area contributed by atoms with Crippen molar-refractivity contribution in [3.05, 3.63) is 45.8 Å². The molecule has 0 heterocycles. The van der Waals surface area contributed by atoms with E-state index in [1.54, 1.807) is 0 Å². The van der Waals surface area contributed by atoms with Gasteiger partial charge >= 0.3 is 0 Å². The van der Waals surface area contributed by atoms with E-state index in [0.29, 0.717) is 0 Å². The van der Waals surface area contributed by atoms with Crippen LogP contribution in [-0.4, -0.2) is 0 Å². The third-order valence-corrected chi connectivity index (χ3v) is 3.25. The predicted octanol–water partition coefficient (Wildman–Crippen LogP) is 4.28. The molecule has 0 bridgehead atoms. The van der Waals surface area contributed by atoms with Crippen LogP contribution < -0.4 is 0 Å². The molecular weight excluding hydrogens is 277 g/mol. The van der Waals surface area contributed by atoms with Gasteiger partial charge in [0.2, 0.25) is 0 Å². The predicted molar refractivity (Wildman–Crippen MR) is 62.6 cm³/mol. The number of hydrogen-bond acceptors (Lipinski definition) is 1. The largest absolute Gasteiger partial charge is 0.203 e. The van der Waals surface area contributed by atoms with Crippen LogP contribution in [0, 0.1) is 47.3 Å². The zero-order valence-corrected chi connectivity index (χ0v) is 10.5. The lowest BCUT2D eigenvalue weighted by atomic mass is 9.93. The minimum atomic E-state index is -1.81. The van der Waals surface area contributed by atoms with E-state index in [1.165, 1.54) is 13.0 Å². The molecule has 104 valence electrons. The summed E-state index contributed by atoms with van der Waals surface area (Å²) in [6.45, 7) is 2.58.